The standard InChI is InChI=1S/C25H22N4O3/c30-24(18-29-15-5-14-27-29)28-21-7-4-6-19(16-21)17-26-25(31)20-10-12-23(13-11-20)32-22-8-2-1-3-9-22/h1-16H,17-18H2,(H,26,31)(H,28,30). The number of nitrogens with zero attached hydrogens (tertiary/aromatic N) is 2. The lowest BCUT2D eigenvalue weighted by Gasteiger charge is -2.10. The number of hydrogen-bond acceptors (Lipinski definition) is 4. The summed E-state index contributed by atoms with van der Waals surface area (Å²) < 4.78 is 7.30. The summed E-state index contributed by atoms with van der Waals surface area (Å²) in [6, 6.07) is 25.5. The molecule has 4 rings (SSSR count). The van der Waals surface area contributed by atoms with Gasteiger partial charge in [-0.25, -0.2) is 0 Å². The summed E-state index contributed by atoms with van der Waals surface area (Å²) in [5, 5.41) is 9.75. The Morgan fingerprint density at radius 1 is 0.875 bits per heavy atom. The Labute approximate surface area is 185 Å². The molecule has 4 aromatic rings. The lowest BCUT2D eigenvalue weighted by atomic mass is 10.1. The first-order valence-electron chi connectivity index (χ1n) is 10.1. The third-order valence-corrected chi connectivity index (χ3v) is 4.62. The fourth-order valence-electron chi connectivity index (χ4n) is 3.08. The van der Waals surface area contributed by atoms with Crippen LogP contribution in [0.4, 0.5) is 5.69 Å². The number of para-hydroxylation sites is 1. The van der Waals surface area contributed by atoms with Gasteiger partial charge in [0.2, 0.25) is 5.91 Å². The van der Waals surface area contributed by atoms with Gasteiger partial charge >= 0.3 is 0 Å². The van der Waals surface area contributed by atoms with E-state index in [0.717, 1.165) is 11.3 Å². The van der Waals surface area contributed by atoms with Crippen molar-refractivity contribution in [2.75, 3.05) is 5.32 Å². The van der Waals surface area contributed by atoms with Crippen LogP contribution >= 0.6 is 0 Å². The van der Waals surface area contributed by atoms with Crippen LogP contribution in [0.1, 0.15) is 15.9 Å². The molecule has 7 heteroatoms. The quantitative estimate of drug-likeness (QED) is 0.441. The highest BCUT2D eigenvalue weighted by atomic mass is 16.5. The van der Waals surface area contributed by atoms with Crippen LogP contribution in [-0.2, 0) is 17.9 Å². The molecule has 0 atom stereocenters. The van der Waals surface area contributed by atoms with Crippen molar-refractivity contribution >= 4 is 17.5 Å². The molecule has 1 heterocycles. The molecule has 32 heavy (non-hydrogen) atoms. The molecule has 0 bridgehead atoms. The number of rotatable bonds is 8. The van der Waals surface area contributed by atoms with Crippen molar-refractivity contribution in [3.05, 3.63) is 108 Å². The number of hydrogen-bond donors (Lipinski definition) is 2. The summed E-state index contributed by atoms with van der Waals surface area (Å²) in [6.45, 7) is 0.474. The first-order chi connectivity index (χ1) is 15.7. The second kappa shape index (κ2) is 10.1. The number of ether oxygens (including phenoxy) is 1. The summed E-state index contributed by atoms with van der Waals surface area (Å²) in [4.78, 5) is 24.6. The van der Waals surface area contributed by atoms with E-state index in [2.05, 4.69) is 15.7 Å². The Balaban J connectivity index is 1.30. The number of amides is 2. The molecule has 0 saturated carbocycles. The van der Waals surface area contributed by atoms with Crippen LogP contribution in [0.2, 0.25) is 0 Å². The molecule has 0 unspecified atom stereocenters. The highest BCUT2D eigenvalue weighted by Gasteiger charge is 2.08. The van der Waals surface area contributed by atoms with Gasteiger partial charge in [0.05, 0.1) is 0 Å². The maximum Gasteiger partial charge on any atom is 0.251 e. The minimum Gasteiger partial charge on any atom is -0.457 e. The first-order valence-corrected chi connectivity index (χ1v) is 10.1. The van der Waals surface area contributed by atoms with E-state index in [1.54, 1.807) is 53.5 Å². The third-order valence-electron chi connectivity index (χ3n) is 4.62. The lowest BCUT2D eigenvalue weighted by Crippen LogP contribution is -2.23. The second-order valence-corrected chi connectivity index (χ2v) is 7.07. The lowest BCUT2D eigenvalue weighted by molar-refractivity contribution is -0.116. The summed E-state index contributed by atoms with van der Waals surface area (Å²) in [7, 11) is 0. The maximum atomic E-state index is 12.5. The molecule has 2 amide bonds. The van der Waals surface area contributed by atoms with Crippen molar-refractivity contribution in [2.45, 2.75) is 13.1 Å². The molecule has 7 nitrogen and oxygen atoms in total. The summed E-state index contributed by atoms with van der Waals surface area (Å²) in [5.74, 6) is 1.03. The highest BCUT2D eigenvalue weighted by Crippen LogP contribution is 2.21. The molecule has 0 aliphatic heterocycles. The number of aromatic nitrogens is 2. The average Bonchev–Trinajstić information content (AvgIpc) is 3.32. The Hall–Kier alpha value is -4.39. The molecule has 0 radical (unpaired) electrons. The van der Waals surface area contributed by atoms with Gasteiger partial charge < -0.3 is 15.4 Å². The molecule has 0 fully saturated rings. The van der Waals surface area contributed by atoms with E-state index >= 15 is 0 Å². The predicted octanol–water partition coefficient (Wildman–Crippen LogP) is 4.24. The van der Waals surface area contributed by atoms with Crippen LogP contribution in [0.3, 0.4) is 0 Å². The Morgan fingerprint density at radius 2 is 1.66 bits per heavy atom. The van der Waals surface area contributed by atoms with Gasteiger partial charge in [-0.05, 0) is 60.2 Å². The van der Waals surface area contributed by atoms with Gasteiger partial charge in [0.1, 0.15) is 18.0 Å². The normalized spacial score (nSPS) is 10.4. The zero-order chi connectivity index (χ0) is 22.2. The second-order valence-electron chi connectivity index (χ2n) is 7.07. The third kappa shape index (κ3) is 5.82. The van der Waals surface area contributed by atoms with Gasteiger partial charge in [-0.1, -0.05) is 30.3 Å². The molecule has 3 aromatic carbocycles. The molecule has 0 aliphatic carbocycles. The van der Waals surface area contributed by atoms with E-state index in [-0.39, 0.29) is 18.4 Å². The molecule has 2 N–H and O–H groups in total. The number of nitrogens with one attached hydrogen (secondary N) is 2. The van der Waals surface area contributed by atoms with E-state index in [1.807, 2.05) is 48.5 Å². The van der Waals surface area contributed by atoms with E-state index in [1.165, 1.54) is 0 Å². The van der Waals surface area contributed by atoms with Crippen LogP contribution in [0.5, 0.6) is 11.5 Å². The molecule has 0 spiro atoms. The number of benzene rings is 3. The zero-order valence-corrected chi connectivity index (χ0v) is 17.3. The van der Waals surface area contributed by atoms with Gasteiger partial charge in [0.25, 0.3) is 5.91 Å². The van der Waals surface area contributed by atoms with Gasteiger partial charge in [-0.15, -0.1) is 0 Å². The van der Waals surface area contributed by atoms with Gasteiger partial charge in [0.15, 0.2) is 0 Å². The molecule has 0 saturated heterocycles. The van der Waals surface area contributed by atoms with Crippen LogP contribution in [0, 0.1) is 0 Å². The predicted molar refractivity (Wildman–Crippen MR) is 121 cm³/mol. The fourth-order valence-corrected chi connectivity index (χ4v) is 3.08. The Morgan fingerprint density at radius 3 is 2.41 bits per heavy atom. The highest BCUT2D eigenvalue weighted by molar-refractivity contribution is 5.94. The van der Waals surface area contributed by atoms with Crippen molar-refractivity contribution in [2.24, 2.45) is 0 Å². The number of carbonyl (C=O) groups excluding carboxylic acids is 2. The molecular weight excluding hydrogens is 404 g/mol. The molecular formula is C25H22N4O3. The smallest absolute Gasteiger partial charge is 0.251 e. The van der Waals surface area contributed by atoms with E-state index in [0.29, 0.717) is 23.5 Å². The fraction of sp³-hybridized carbons (Fsp3) is 0.0800. The van der Waals surface area contributed by atoms with Crippen LogP contribution in [0.15, 0.2) is 97.3 Å². The van der Waals surface area contributed by atoms with Gasteiger partial charge in [-0.3, -0.25) is 14.3 Å². The van der Waals surface area contributed by atoms with Crippen molar-refractivity contribution in [3.63, 3.8) is 0 Å². The summed E-state index contributed by atoms with van der Waals surface area (Å²) in [6.07, 6.45) is 3.35. The number of anilines is 1. The monoisotopic (exact) mass is 426 g/mol. The Kier molecular flexibility index (Phi) is 6.57. The van der Waals surface area contributed by atoms with Gasteiger partial charge in [0, 0.05) is 30.2 Å². The molecule has 1 aromatic heterocycles. The average molecular weight is 426 g/mol. The van der Waals surface area contributed by atoms with E-state index < -0.39 is 0 Å². The van der Waals surface area contributed by atoms with Crippen LogP contribution in [-0.4, -0.2) is 21.6 Å². The molecule has 160 valence electrons. The van der Waals surface area contributed by atoms with Crippen molar-refractivity contribution in [3.8, 4) is 11.5 Å². The van der Waals surface area contributed by atoms with Crippen LogP contribution in [0.25, 0.3) is 0 Å². The van der Waals surface area contributed by atoms with E-state index in [4.69, 9.17) is 4.74 Å². The maximum absolute atomic E-state index is 12.5. The van der Waals surface area contributed by atoms with Crippen LogP contribution < -0.4 is 15.4 Å². The van der Waals surface area contributed by atoms with Crippen molar-refractivity contribution in [1.82, 2.24) is 15.1 Å². The Bertz CT molecular complexity index is 1170. The molecule has 0 aliphatic rings. The minimum atomic E-state index is -0.190. The summed E-state index contributed by atoms with van der Waals surface area (Å²) in [5.41, 5.74) is 2.07. The van der Waals surface area contributed by atoms with Gasteiger partial charge in [-0.2, -0.15) is 5.10 Å². The zero-order valence-electron chi connectivity index (χ0n) is 17.3. The minimum absolute atomic E-state index is 0.137. The van der Waals surface area contributed by atoms with Crippen molar-refractivity contribution in [1.29, 1.82) is 0 Å². The van der Waals surface area contributed by atoms with E-state index in [9.17, 15) is 9.59 Å². The largest absolute Gasteiger partial charge is 0.457 e. The van der Waals surface area contributed by atoms with Crippen molar-refractivity contribution < 1.29 is 14.3 Å². The first kappa shape index (κ1) is 20.9. The number of carbonyl (C=O) groups is 2. The topological polar surface area (TPSA) is 85.3 Å². The SMILES string of the molecule is O=C(Cn1cccn1)Nc1cccc(CNC(=O)c2ccc(Oc3ccccc3)cc2)c1. The summed E-state index contributed by atoms with van der Waals surface area (Å²) >= 11 is 0.